The molecule has 15 heavy (non-hydrogen) atoms. The second-order valence-corrected chi connectivity index (χ2v) is 3.60. The summed E-state index contributed by atoms with van der Waals surface area (Å²) >= 11 is 0. The first-order valence-corrected chi connectivity index (χ1v) is 4.87. The van der Waals surface area contributed by atoms with E-state index in [2.05, 4.69) is 10.3 Å². The van der Waals surface area contributed by atoms with Crippen molar-refractivity contribution in [1.29, 1.82) is 0 Å². The number of nitrogens with zero attached hydrogens (tertiary/aromatic N) is 1. The van der Waals surface area contributed by atoms with Gasteiger partial charge in [0.05, 0.1) is 6.54 Å². The summed E-state index contributed by atoms with van der Waals surface area (Å²) < 4.78 is 0. The first-order chi connectivity index (χ1) is 7.16. The van der Waals surface area contributed by atoms with Crippen molar-refractivity contribution in [2.75, 3.05) is 12.3 Å². The maximum atomic E-state index is 11.2. The van der Waals surface area contributed by atoms with Crippen LogP contribution in [0, 0.1) is 6.92 Å². The molecule has 4 heteroatoms. The molecule has 4 nitrogen and oxygen atoms in total. The lowest BCUT2D eigenvalue weighted by Crippen LogP contribution is -2.35. The Hall–Kier alpha value is -1.84. The standard InChI is InChI=1S/C11H13N3O/c1-7-2-3-8(12)6-9(7)11-13-5-4-10(15)14-11/h2-3,6H,4-5,12H2,1H3,(H,13,14,15). The molecule has 0 fully saturated rings. The number of rotatable bonds is 1. The molecule has 1 aliphatic heterocycles. The summed E-state index contributed by atoms with van der Waals surface area (Å²) in [5.41, 5.74) is 8.35. The van der Waals surface area contributed by atoms with E-state index >= 15 is 0 Å². The van der Waals surface area contributed by atoms with E-state index in [0.29, 0.717) is 24.5 Å². The molecule has 0 saturated carbocycles. The predicted molar refractivity (Wildman–Crippen MR) is 59.8 cm³/mol. The molecule has 0 unspecified atom stereocenters. The summed E-state index contributed by atoms with van der Waals surface area (Å²) in [7, 11) is 0. The van der Waals surface area contributed by atoms with E-state index in [-0.39, 0.29) is 5.91 Å². The van der Waals surface area contributed by atoms with Gasteiger partial charge in [0.15, 0.2) is 0 Å². The highest BCUT2D eigenvalue weighted by atomic mass is 16.1. The van der Waals surface area contributed by atoms with Crippen molar-refractivity contribution < 1.29 is 4.79 Å². The van der Waals surface area contributed by atoms with E-state index in [4.69, 9.17) is 5.73 Å². The first kappa shape index (κ1) is 9.71. The van der Waals surface area contributed by atoms with E-state index in [1.165, 1.54) is 0 Å². The van der Waals surface area contributed by atoms with Crippen LogP contribution < -0.4 is 11.1 Å². The van der Waals surface area contributed by atoms with Gasteiger partial charge in [-0.3, -0.25) is 9.79 Å². The van der Waals surface area contributed by atoms with Gasteiger partial charge in [-0.1, -0.05) is 6.07 Å². The second kappa shape index (κ2) is 3.73. The zero-order chi connectivity index (χ0) is 10.8. The van der Waals surface area contributed by atoms with Crippen LogP contribution in [0.3, 0.4) is 0 Å². The van der Waals surface area contributed by atoms with E-state index in [9.17, 15) is 4.79 Å². The predicted octanol–water partition coefficient (Wildman–Crippen LogP) is 0.844. The van der Waals surface area contributed by atoms with Gasteiger partial charge in [-0.05, 0) is 24.6 Å². The lowest BCUT2D eigenvalue weighted by molar-refractivity contribution is -0.119. The summed E-state index contributed by atoms with van der Waals surface area (Å²) in [5, 5.41) is 2.76. The number of amides is 1. The van der Waals surface area contributed by atoms with Crippen LogP contribution in [0.2, 0.25) is 0 Å². The number of hydrogen-bond acceptors (Lipinski definition) is 3. The fourth-order valence-electron chi connectivity index (χ4n) is 1.55. The van der Waals surface area contributed by atoms with Gasteiger partial charge in [-0.15, -0.1) is 0 Å². The van der Waals surface area contributed by atoms with Crippen LogP contribution in [0.5, 0.6) is 0 Å². The third-order valence-electron chi connectivity index (χ3n) is 2.38. The third-order valence-corrected chi connectivity index (χ3v) is 2.38. The Balaban J connectivity index is 2.40. The maximum Gasteiger partial charge on any atom is 0.227 e. The van der Waals surface area contributed by atoms with Crippen molar-refractivity contribution in [2.45, 2.75) is 13.3 Å². The molecular weight excluding hydrogens is 190 g/mol. The Morgan fingerprint density at radius 1 is 1.47 bits per heavy atom. The highest BCUT2D eigenvalue weighted by molar-refractivity contribution is 6.10. The van der Waals surface area contributed by atoms with Gasteiger partial charge in [0.1, 0.15) is 5.84 Å². The van der Waals surface area contributed by atoms with Crippen molar-refractivity contribution in [1.82, 2.24) is 5.32 Å². The molecule has 0 radical (unpaired) electrons. The fraction of sp³-hybridized carbons (Fsp3) is 0.273. The summed E-state index contributed by atoms with van der Waals surface area (Å²) in [5.74, 6) is 0.651. The molecule has 0 saturated heterocycles. The summed E-state index contributed by atoms with van der Waals surface area (Å²) in [6, 6.07) is 5.59. The topological polar surface area (TPSA) is 67.5 Å². The van der Waals surface area contributed by atoms with Crippen molar-refractivity contribution >= 4 is 17.4 Å². The average Bonchev–Trinajstić information content (AvgIpc) is 2.22. The molecule has 1 aliphatic rings. The summed E-state index contributed by atoms with van der Waals surface area (Å²) in [6.07, 6.45) is 0.463. The highest BCUT2D eigenvalue weighted by Crippen LogP contribution is 2.14. The van der Waals surface area contributed by atoms with Gasteiger partial charge in [0, 0.05) is 17.7 Å². The van der Waals surface area contributed by atoms with Gasteiger partial charge in [-0.25, -0.2) is 0 Å². The SMILES string of the molecule is Cc1ccc(N)cc1C1=NCCC(=O)N1. The molecule has 1 aromatic rings. The van der Waals surface area contributed by atoms with E-state index in [1.54, 1.807) is 0 Å². The summed E-state index contributed by atoms with van der Waals surface area (Å²) in [4.78, 5) is 15.5. The Morgan fingerprint density at radius 2 is 2.27 bits per heavy atom. The first-order valence-electron chi connectivity index (χ1n) is 4.87. The second-order valence-electron chi connectivity index (χ2n) is 3.60. The zero-order valence-corrected chi connectivity index (χ0v) is 8.58. The maximum absolute atomic E-state index is 11.2. The van der Waals surface area contributed by atoms with Crippen molar-refractivity contribution in [3.8, 4) is 0 Å². The Morgan fingerprint density at radius 3 is 3.00 bits per heavy atom. The Labute approximate surface area is 88.2 Å². The molecule has 3 N–H and O–H groups in total. The van der Waals surface area contributed by atoms with Crippen LogP contribution in [0.1, 0.15) is 17.5 Å². The lowest BCUT2D eigenvalue weighted by atomic mass is 10.1. The van der Waals surface area contributed by atoms with E-state index in [1.807, 2.05) is 25.1 Å². The fourth-order valence-corrected chi connectivity index (χ4v) is 1.55. The molecule has 2 rings (SSSR count). The van der Waals surface area contributed by atoms with Gasteiger partial charge >= 0.3 is 0 Å². The molecular formula is C11H13N3O. The third kappa shape index (κ3) is 1.98. The molecule has 0 aromatic heterocycles. The number of nitrogen functional groups attached to an aromatic ring is 1. The normalized spacial score (nSPS) is 15.8. The number of anilines is 1. The van der Waals surface area contributed by atoms with Gasteiger partial charge in [-0.2, -0.15) is 0 Å². The molecule has 1 heterocycles. The number of nitrogens with two attached hydrogens (primary N) is 1. The van der Waals surface area contributed by atoms with Crippen LogP contribution in [0.25, 0.3) is 0 Å². The Bertz CT molecular complexity index is 437. The zero-order valence-electron chi connectivity index (χ0n) is 8.58. The van der Waals surface area contributed by atoms with Crippen LogP contribution in [-0.4, -0.2) is 18.3 Å². The van der Waals surface area contributed by atoms with Crippen LogP contribution >= 0.6 is 0 Å². The number of hydrogen-bond donors (Lipinski definition) is 2. The quantitative estimate of drug-likeness (QED) is 0.664. The number of nitrogens with one attached hydrogen (secondary N) is 1. The van der Waals surface area contributed by atoms with Crippen molar-refractivity contribution in [3.05, 3.63) is 29.3 Å². The molecule has 78 valence electrons. The molecule has 0 bridgehead atoms. The molecule has 0 atom stereocenters. The van der Waals surface area contributed by atoms with Crippen molar-refractivity contribution in [2.24, 2.45) is 4.99 Å². The molecule has 0 spiro atoms. The molecule has 0 aliphatic carbocycles. The summed E-state index contributed by atoms with van der Waals surface area (Å²) in [6.45, 7) is 2.52. The molecule has 1 aromatic carbocycles. The lowest BCUT2D eigenvalue weighted by Gasteiger charge is -2.15. The minimum absolute atomic E-state index is 0.0156. The van der Waals surface area contributed by atoms with E-state index in [0.717, 1.165) is 11.1 Å². The smallest absolute Gasteiger partial charge is 0.227 e. The Kier molecular flexibility index (Phi) is 2.41. The number of aryl methyl sites for hydroxylation is 1. The average molecular weight is 203 g/mol. The minimum Gasteiger partial charge on any atom is -0.399 e. The van der Waals surface area contributed by atoms with Gasteiger partial charge in [0.25, 0.3) is 0 Å². The van der Waals surface area contributed by atoms with E-state index < -0.39 is 0 Å². The largest absolute Gasteiger partial charge is 0.399 e. The van der Waals surface area contributed by atoms with Gasteiger partial charge in [0.2, 0.25) is 5.91 Å². The number of carbonyl (C=O) groups is 1. The monoisotopic (exact) mass is 203 g/mol. The van der Waals surface area contributed by atoms with Crippen LogP contribution in [-0.2, 0) is 4.79 Å². The number of aliphatic imine (C=N–C) groups is 1. The number of amidine groups is 1. The molecule has 1 amide bonds. The number of benzene rings is 1. The number of carbonyl (C=O) groups excluding carboxylic acids is 1. The minimum atomic E-state index is 0.0156. The highest BCUT2D eigenvalue weighted by Gasteiger charge is 2.14. The van der Waals surface area contributed by atoms with Crippen LogP contribution in [0.4, 0.5) is 5.69 Å². The van der Waals surface area contributed by atoms with Gasteiger partial charge < -0.3 is 11.1 Å². The van der Waals surface area contributed by atoms with Crippen LogP contribution in [0.15, 0.2) is 23.2 Å². The van der Waals surface area contributed by atoms with Crippen molar-refractivity contribution in [3.63, 3.8) is 0 Å².